The first-order valence-corrected chi connectivity index (χ1v) is 7.28. The van der Waals surface area contributed by atoms with Gasteiger partial charge in [0.2, 0.25) is 0 Å². The molecule has 0 aliphatic carbocycles. The van der Waals surface area contributed by atoms with Crippen molar-refractivity contribution in [1.82, 2.24) is 4.90 Å². The molecule has 0 unspecified atom stereocenters. The van der Waals surface area contributed by atoms with E-state index in [1.807, 2.05) is 24.3 Å². The first-order valence-electron chi connectivity index (χ1n) is 7.28. The second-order valence-corrected chi connectivity index (χ2v) is 5.51. The number of benzene rings is 1. The Morgan fingerprint density at radius 3 is 2.86 bits per heavy atom. The van der Waals surface area contributed by atoms with Crippen LogP contribution in [0.4, 0.5) is 0 Å². The quantitative estimate of drug-likeness (QED) is 0.865. The van der Waals surface area contributed by atoms with E-state index in [0.717, 1.165) is 36.9 Å². The Morgan fingerprint density at radius 1 is 1.19 bits per heavy atom. The van der Waals surface area contributed by atoms with Gasteiger partial charge in [0.1, 0.15) is 30.0 Å². The van der Waals surface area contributed by atoms with Gasteiger partial charge in [-0.25, -0.2) is 0 Å². The normalized spacial score (nSPS) is 18.9. The molecule has 4 nitrogen and oxygen atoms in total. The fourth-order valence-corrected chi connectivity index (χ4v) is 2.74. The maximum atomic E-state index is 5.98. The Balaban J connectivity index is 1.73. The molecule has 1 aliphatic rings. The summed E-state index contributed by atoms with van der Waals surface area (Å²) in [7, 11) is 1.67. The molecule has 0 amide bonds. The van der Waals surface area contributed by atoms with Gasteiger partial charge in [-0.05, 0) is 25.1 Å². The number of ether oxygens (including phenoxy) is 2. The molecule has 1 aliphatic heterocycles. The zero-order valence-corrected chi connectivity index (χ0v) is 12.5. The second-order valence-electron chi connectivity index (χ2n) is 5.51. The van der Waals surface area contributed by atoms with Crippen LogP contribution in [0.25, 0.3) is 0 Å². The lowest BCUT2D eigenvalue weighted by atomic mass is 10.2. The minimum Gasteiger partial charge on any atom is -0.489 e. The summed E-state index contributed by atoms with van der Waals surface area (Å²) < 4.78 is 16.8. The van der Waals surface area contributed by atoms with Gasteiger partial charge in [0.25, 0.3) is 0 Å². The number of nitrogens with zero attached hydrogens (tertiary/aromatic N) is 1. The molecule has 0 bridgehead atoms. The Morgan fingerprint density at radius 2 is 2.00 bits per heavy atom. The molecule has 0 N–H and O–H groups in total. The zero-order valence-electron chi connectivity index (χ0n) is 12.5. The maximum absolute atomic E-state index is 5.98. The molecule has 0 radical (unpaired) electrons. The number of para-hydroxylation sites is 1. The average Bonchev–Trinajstić information content (AvgIpc) is 2.81. The van der Waals surface area contributed by atoms with Crippen LogP contribution in [0.15, 0.2) is 40.8 Å². The second kappa shape index (κ2) is 6.33. The van der Waals surface area contributed by atoms with Crippen LogP contribution in [-0.2, 0) is 24.4 Å². The monoisotopic (exact) mass is 287 g/mol. The van der Waals surface area contributed by atoms with Crippen molar-refractivity contribution in [2.24, 2.45) is 0 Å². The summed E-state index contributed by atoms with van der Waals surface area (Å²) in [6, 6.07) is 12.2. The van der Waals surface area contributed by atoms with Crippen molar-refractivity contribution in [3.63, 3.8) is 0 Å². The highest BCUT2D eigenvalue weighted by molar-refractivity contribution is 5.34. The Hall–Kier alpha value is -1.78. The number of fused-ring (bicyclic) bond motifs is 1. The van der Waals surface area contributed by atoms with Crippen LogP contribution in [0.2, 0.25) is 0 Å². The maximum Gasteiger partial charge on any atom is 0.129 e. The van der Waals surface area contributed by atoms with E-state index < -0.39 is 0 Å². The predicted octanol–water partition coefficient (Wildman–Crippen LogP) is 3.21. The molecule has 0 spiro atoms. The van der Waals surface area contributed by atoms with Gasteiger partial charge in [0.05, 0.1) is 6.54 Å². The largest absolute Gasteiger partial charge is 0.489 e. The highest BCUT2D eigenvalue weighted by Gasteiger charge is 2.20. The molecule has 2 aromatic rings. The standard InChI is InChI=1S/C17H21NO3/c1-13-9-18(10-14-5-3-4-6-17(14)20-13)11-15-7-8-16(21-15)12-19-2/h3-8,13H,9-12H2,1-2H3/t13-/m1/s1. The fraction of sp³-hybridized carbons (Fsp3) is 0.412. The Labute approximate surface area is 125 Å². The highest BCUT2D eigenvalue weighted by Crippen LogP contribution is 2.25. The van der Waals surface area contributed by atoms with E-state index in [9.17, 15) is 0 Å². The molecular weight excluding hydrogens is 266 g/mol. The van der Waals surface area contributed by atoms with E-state index in [1.54, 1.807) is 7.11 Å². The first-order chi connectivity index (χ1) is 10.2. The van der Waals surface area contributed by atoms with Crippen molar-refractivity contribution in [3.05, 3.63) is 53.5 Å². The van der Waals surface area contributed by atoms with Gasteiger partial charge in [0.15, 0.2) is 0 Å². The molecule has 3 rings (SSSR count). The van der Waals surface area contributed by atoms with Crippen molar-refractivity contribution in [1.29, 1.82) is 0 Å². The third-order valence-electron chi connectivity index (χ3n) is 3.59. The summed E-state index contributed by atoms with van der Waals surface area (Å²) in [5.74, 6) is 2.83. The van der Waals surface area contributed by atoms with Crippen molar-refractivity contribution in [2.75, 3.05) is 13.7 Å². The van der Waals surface area contributed by atoms with Gasteiger partial charge in [0, 0.05) is 25.8 Å². The number of methoxy groups -OCH3 is 1. The van der Waals surface area contributed by atoms with Crippen LogP contribution in [0.1, 0.15) is 24.0 Å². The molecule has 0 saturated carbocycles. The summed E-state index contributed by atoms with van der Waals surface area (Å²) >= 11 is 0. The van der Waals surface area contributed by atoms with Crippen LogP contribution < -0.4 is 4.74 Å². The fourth-order valence-electron chi connectivity index (χ4n) is 2.74. The number of hydrogen-bond acceptors (Lipinski definition) is 4. The van der Waals surface area contributed by atoms with Gasteiger partial charge >= 0.3 is 0 Å². The number of furan rings is 1. The SMILES string of the molecule is COCc1ccc(CN2Cc3ccccc3O[C@H](C)C2)o1. The predicted molar refractivity (Wildman–Crippen MR) is 80.1 cm³/mol. The Bertz CT molecular complexity index is 593. The third-order valence-corrected chi connectivity index (χ3v) is 3.59. The van der Waals surface area contributed by atoms with Crippen LogP contribution in [0.3, 0.4) is 0 Å². The minimum absolute atomic E-state index is 0.169. The zero-order chi connectivity index (χ0) is 14.7. The summed E-state index contributed by atoms with van der Waals surface area (Å²) in [6.07, 6.45) is 0.169. The molecule has 1 aromatic heterocycles. The van der Waals surface area contributed by atoms with E-state index in [1.165, 1.54) is 5.56 Å². The summed E-state index contributed by atoms with van der Waals surface area (Å²) in [5, 5.41) is 0. The average molecular weight is 287 g/mol. The minimum atomic E-state index is 0.169. The van der Waals surface area contributed by atoms with Gasteiger partial charge < -0.3 is 13.9 Å². The highest BCUT2D eigenvalue weighted by atomic mass is 16.5. The van der Waals surface area contributed by atoms with E-state index in [-0.39, 0.29) is 6.10 Å². The van der Waals surface area contributed by atoms with E-state index in [0.29, 0.717) is 6.61 Å². The molecule has 1 atom stereocenters. The summed E-state index contributed by atoms with van der Waals surface area (Å²) in [5.41, 5.74) is 1.23. The summed E-state index contributed by atoms with van der Waals surface area (Å²) in [4.78, 5) is 2.35. The molecule has 4 heteroatoms. The van der Waals surface area contributed by atoms with Crippen LogP contribution in [-0.4, -0.2) is 24.7 Å². The molecule has 112 valence electrons. The van der Waals surface area contributed by atoms with Gasteiger partial charge in [-0.2, -0.15) is 0 Å². The van der Waals surface area contributed by atoms with Crippen LogP contribution in [0.5, 0.6) is 5.75 Å². The van der Waals surface area contributed by atoms with Crippen molar-refractivity contribution >= 4 is 0 Å². The molecular formula is C17H21NO3. The van der Waals surface area contributed by atoms with E-state index in [2.05, 4.69) is 24.0 Å². The van der Waals surface area contributed by atoms with Crippen molar-refractivity contribution in [3.8, 4) is 5.75 Å². The van der Waals surface area contributed by atoms with E-state index in [4.69, 9.17) is 13.9 Å². The molecule has 1 aromatic carbocycles. The van der Waals surface area contributed by atoms with Crippen LogP contribution >= 0.6 is 0 Å². The first kappa shape index (κ1) is 14.2. The number of hydrogen-bond donors (Lipinski definition) is 0. The van der Waals surface area contributed by atoms with Crippen LogP contribution in [0, 0.1) is 0 Å². The Kier molecular flexibility index (Phi) is 4.27. The lowest BCUT2D eigenvalue weighted by molar-refractivity contribution is 0.142. The topological polar surface area (TPSA) is 34.8 Å². The molecule has 21 heavy (non-hydrogen) atoms. The smallest absolute Gasteiger partial charge is 0.129 e. The molecule has 2 heterocycles. The lowest BCUT2D eigenvalue weighted by Gasteiger charge is -2.20. The lowest BCUT2D eigenvalue weighted by Crippen LogP contribution is -2.30. The van der Waals surface area contributed by atoms with Crippen molar-refractivity contribution in [2.45, 2.75) is 32.7 Å². The van der Waals surface area contributed by atoms with Gasteiger partial charge in [-0.15, -0.1) is 0 Å². The molecule has 0 fully saturated rings. The van der Waals surface area contributed by atoms with Gasteiger partial charge in [-0.3, -0.25) is 4.90 Å². The summed E-state index contributed by atoms with van der Waals surface area (Å²) in [6.45, 7) is 5.16. The van der Waals surface area contributed by atoms with Crippen molar-refractivity contribution < 1.29 is 13.9 Å². The number of rotatable bonds is 4. The van der Waals surface area contributed by atoms with E-state index >= 15 is 0 Å². The van der Waals surface area contributed by atoms with Gasteiger partial charge in [-0.1, -0.05) is 18.2 Å². The molecule has 0 saturated heterocycles. The third kappa shape index (κ3) is 3.46.